The zero-order valence-corrected chi connectivity index (χ0v) is 16.6. The average Bonchev–Trinajstić information content (AvgIpc) is 2.83. The molecular weight excluding hydrogens is 376 g/mol. The summed E-state index contributed by atoms with van der Waals surface area (Å²) < 4.78 is 5.85. The van der Waals surface area contributed by atoms with E-state index in [1.165, 1.54) is 0 Å². The first-order valence-electron chi connectivity index (χ1n) is 9.91. The van der Waals surface area contributed by atoms with Crippen LogP contribution >= 0.6 is 0 Å². The van der Waals surface area contributed by atoms with Crippen molar-refractivity contribution in [2.75, 3.05) is 31.1 Å². The number of aromatic nitrogens is 1. The van der Waals surface area contributed by atoms with Crippen molar-refractivity contribution in [2.24, 2.45) is 0 Å². The van der Waals surface area contributed by atoms with Crippen molar-refractivity contribution in [3.8, 4) is 11.8 Å². The molecule has 1 aromatic heterocycles. The highest BCUT2D eigenvalue weighted by Crippen LogP contribution is 2.20. The molecule has 6 heteroatoms. The van der Waals surface area contributed by atoms with Gasteiger partial charge in [0.1, 0.15) is 24.2 Å². The fraction of sp³-hybridized carbons (Fsp3) is 0.208. The Morgan fingerprint density at radius 3 is 2.47 bits per heavy atom. The number of hydrogen-bond acceptors (Lipinski definition) is 5. The van der Waals surface area contributed by atoms with Crippen LogP contribution in [0.1, 0.15) is 21.5 Å². The Labute approximate surface area is 176 Å². The maximum absolute atomic E-state index is 13.2. The first-order chi connectivity index (χ1) is 14.8. The van der Waals surface area contributed by atoms with E-state index in [4.69, 9.17) is 4.74 Å². The zero-order valence-electron chi connectivity index (χ0n) is 16.6. The van der Waals surface area contributed by atoms with Crippen LogP contribution in [-0.2, 0) is 6.61 Å². The van der Waals surface area contributed by atoms with E-state index in [0.29, 0.717) is 49.7 Å². The van der Waals surface area contributed by atoms with Gasteiger partial charge in [0.2, 0.25) is 0 Å². The monoisotopic (exact) mass is 398 g/mol. The molecule has 0 spiro atoms. The summed E-state index contributed by atoms with van der Waals surface area (Å²) in [5, 5.41) is 9.31. The Hall–Kier alpha value is -3.85. The summed E-state index contributed by atoms with van der Waals surface area (Å²) in [4.78, 5) is 21.5. The standard InChI is InChI=1S/C24H22N4O2/c25-17-19-8-6-12-26-23(19)27-13-15-28(16-14-27)24(29)22-11-5-4-7-20(22)18-30-21-9-2-1-3-10-21/h1-12H,13-16,18H2. The van der Waals surface area contributed by atoms with Crippen molar-refractivity contribution in [1.29, 1.82) is 5.26 Å². The van der Waals surface area contributed by atoms with Crippen molar-refractivity contribution in [2.45, 2.75) is 6.61 Å². The molecule has 1 amide bonds. The molecule has 0 radical (unpaired) electrons. The van der Waals surface area contributed by atoms with Gasteiger partial charge in [0, 0.05) is 43.5 Å². The van der Waals surface area contributed by atoms with Gasteiger partial charge in [0.05, 0.1) is 5.56 Å². The lowest BCUT2D eigenvalue weighted by Gasteiger charge is -2.36. The van der Waals surface area contributed by atoms with Crippen LogP contribution in [-0.4, -0.2) is 42.0 Å². The third-order valence-electron chi connectivity index (χ3n) is 5.16. The molecule has 4 rings (SSSR count). The molecule has 0 N–H and O–H groups in total. The molecule has 6 nitrogen and oxygen atoms in total. The Kier molecular flexibility index (Phi) is 5.90. The largest absolute Gasteiger partial charge is 0.489 e. The molecule has 0 atom stereocenters. The number of piperazine rings is 1. The highest BCUT2D eigenvalue weighted by molar-refractivity contribution is 5.95. The van der Waals surface area contributed by atoms with E-state index >= 15 is 0 Å². The maximum Gasteiger partial charge on any atom is 0.254 e. The molecule has 0 saturated carbocycles. The molecule has 0 bridgehead atoms. The van der Waals surface area contributed by atoms with Crippen LogP contribution in [0.5, 0.6) is 5.75 Å². The van der Waals surface area contributed by atoms with E-state index in [1.807, 2.05) is 59.5 Å². The van der Waals surface area contributed by atoms with Crippen molar-refractivity contribution < 1.29 is 9.53 Å². The predicted octanol–water partition coefficient (Wildman–Crippen LogP) is 3.49. The summed E-state index contributed by atoms with van der Waals surface area (Å²) in [6.45, 7) is 2.77. The van der Waals surface area contributed by atoms with Crippen molar-refractivity contribution >= 4 is 11.7 Å². The van der Waals surface area contributed by atoms with Crippen LogP contribution in [0.15, 0.2) is 72.9 Å². The van der Waals surface area contributed by atoms with Crippen molar-refractivity contribution in [3.05, 3.63) is 89.6 Å². The number of nitrogens with zero attached hydrogens (tertiary/aromatic N) is 4. The second-order valence-electron chi connectivity index (χ2n) is 7.02. The summed E-state index contributed by atoms with van der Waals surface area (Å²) in [6, 6.07) is 22.9. The minimum Gasteiger partial charge on any atom is -0.489 e. The van der Waals surface area contributed by atoms with E-state index in [2.05, 4.69) is 16.0 Å². The quantitative estimate of drug-likeness (QED) is 0.658. The first kappa shape index (κ1) is 19.5. The lowest BCUT2D eigenvalue weighted by atomic mass is 10.1. The molecule has 1 fully saturated rings. The van der Waals surface area contributed by atoms with Gasteiger partial charge in [-0.05, 0) is 30.3 Å². The molecule has 1 aliphatic heterocycles. The second-order valence-corrected chi connectivity index (χ2v) is 7.02. The lowest BCUT2D eigenvalue weighted by molar-refractivity contribution is 0.0743. The number of nitriles is 1. The van der Waals surface area contributed by atoms with Crippen LogP contribution in [0.4, 0.5) is 5.82 Å². The van der Waals surface area contributed by atoms with E-state index in [-0.39, 0.29) is 5.91 Å². The smallest absolute Gasteiger partial charge is 0.254 e. The number of amides is 1. The average molecular weight is 398 g/mol. The third kappa shape index (κ3) is 4.26. The van der Waals surface area contributed by atoms with Crippen LogP contribution in [0.3, 0.4) is 0 Å². The number of rotatable bonds is 5. The van der Waals surface area contributed by atoms with Gasteiger partial charge in [-0.1, -0.05) is 36.4 Å². The van der Waals surface area contributed by atoms with E-state index in [1.54, 1.807) is 18.3 Å². The molecule has 2 aromatic carbocycles. The van der Waals surface area contributed by atoms with Gasteiger partial charge >= 0.3 is 0 Å². The number of carbonyl (C=O) groups excluding carboxylic acids is 1. The molecule has 3 aromatic rings. The Morgan fingerprint density at radius 1 is 0.967 bits per heavy atom. The fourth-order valence-electron chi connectivity index (χ4n) is 3.56. The number of carbonyl (C=O) groups is 1. The van der Waals surface area contributed by atoms with Gasteiger partial charge in [-0.25, -0.2) is 4.98 Å². The minimum absolute atomic E-state index is 0.00318. The van der Waals surface area contributed by atoms with Gasteiger partial charge in [0.25, 0.3) is 5.91 Å². The van der Waals surface area contributed by atoms with Crippen LogP contribution in [0, 0.1) is 11.3 Å². The summed E-state index contributed by atoms with van der Waals surface area (Å²) in [5.41, 5.74) is 2.09. The minimum atomic E-state index is 0.00318. The second kappa shape index (κ2) is 9.10. The summed E-state index contributed by atoms with van der Waals surface area (Å²) in [5.74, 6) is 1.46. The molecule has 1 aliphatic rings. The van der Waals surface area contributed by atoms with Gasteiger partial charge in [0.15, 0.2) is 0 Å². The van der Waals surface area contributed by atoms with Gasteiger partial charge < -0.3 is 14.5 Å². The summed E-state index contributed by atoms with van der Waals surface area (Å²) in [6.07, 6.45) is 1.69. The molecule has 0 unspecified atom stereocenters. The fourth-order valence-corrected chi connectivity index (χ4v) is 3.56. The maximum atomic E-state index is 13.2. The van der Waals surface area contributed by atoms with Crippen LogP contribution in [0.25, 0.3) is 0 Å². The van der Waals surface area contributed by atoms with Gasteiger partial charge in [-0.3, -0.25) is 4.79 Å². The van der Waals surface area contributed by atoms with E-state index in [9.17, 15) is 10.1 Å². The highest BCUT2D eigenvalue weighted by Gasteiger charge is 2.25. The number of benzene rings is 2. The number of ether oxygens (including phenoxy) is 1. The molecule has 0 aliphatic carbocycles. The number of hydrogen-bond donors (Lipinski definition) is 0. The SMILES string of the molecule is N#Cc1cccnc1N1CCN(C(=O)c2ccccc2COc2ccccc2)CC1. The molecule has 30 heavy (non-hydrogen) atoms. The number of anilines is 1. The normalized spacial score (nSPS) is 13.6. The number of para-hydroxylation sites is 1. The van der Waals surface area contributed by atoms with Crippen LogP contribution in [0.2, 0.25) is 0 Å². The number of pyridine rings is 1. The Morgan fingerprint density at radius 2 is 1.70 bits per heavy atom. The zero-order chi connectivity index (χ0) is 20.8. The van der Waals surface area contributed by atoms with E-state index < -0.39 is 0 Å². The lowest BCUT2D eigenvalue weighted by Crippen LogP contribution is -2.49. The Balaban J connectivity index is 1.43. The molecule has 2 heterocycles. The predicted molar refractivity (Wildman–Crippen MR) is 114 cm³/mol. The van der Waals surface area contributed by atoms with Crippen LogP contribution < -0.4 is 9.64 Å². The molecule has 1 saturated heterocycles. The van der Waals surface area contributed by atoms with E-state index in [0.717, 1.165) is 11.3 Å². The Bertz CT molecular complexity index is 1050. The first-order valence-corrected chi connectivity index (χ1v) is 9.91. The van der Waals surface area contributed by atoms with Crippen molar-refractivity contribution in [1.82, 2.24) is 9.88 Å². The van der Waals surface area contributed by atoms with Crippen molar-refractivity contribution in [3.63, 3.8) is 0 Å². The topological polar surface area (TPSA) is 69.5 Å². The molecule has 150 valence electrons. The highest BCUT2D eigenvalue weighted by atomic mass is 16.5. The summed E-state index contributed by atoms with van der Waals surface area (Å²) >= 11 is 0. The summed E-state index contributed by atoms with van der Waals surface area (Å²) in [7, 11) is 0. The molecular formula is C24H22N4O2. The third-order valence-corrected chi connectivity index (χ3v) is 5.16. The van der Waals surface area contributed by atoms with Gasteiger partial charge in [-0.15, -0.1) is 0 Å². The van der Waals surface area contributed by atoms with Gasteiger partial charge in [-0.2, -0.15) is 5.26 Å².